The highest BCUT2D eigenvalue weighted by Crippen LogP contribution is 1.97. The Balaban J connectivity index is 0.000000771. The van der Waals surface area contributed by atoms with E-state index in [9.17, 15) is 0 Å². The summed E-state index contributed by atoms with van der Waals surface area (Å²) in [5.74, 6) is 0. The van der Waals surface area contributed by atoms with E-state index >= 15 is 0 Å². The molecule has 0 N–H and O–H groups in total. The van der Waals surface area contributed by atoms with Crippen molar-refractivity contribution in [2.24, 2.45) is 0 Å². The molecule has 2 aromatic rings. The molecule has 0 atom stereocenters. The predicted molar refractivity (Wildman–Crippen MR) is 81.8 cm³/mol. The molecule has 0 heterocycles. The lowest BCUT2D eigenvalue weighted by molar-refractivity contribution is 1.43. The zero-order valence-corrected chi connectivity index (χ0v) is 11.8. The Hall–Kier alpha value is -1.82. The Morgan fingerprint density at radius 3 is 1.94 bits per heavy atom. The molecule has 2 aromatic carbocycles. The van der Waals surface area contributed by atoms with Gasteiger partial charge in [-0.2, -0.15) is 0 Å². The van der Waals surface area contributed by atoms with Crippen molar-refractivity contribution >= 4 is 11.6 Å². The highest BCUT2D eigenvalue weighted by atomic mass is 13.9. The molecular formula is C18H22. The summed E-state index contributed by atoms with van der Waals surface area (Å²) < 4.78 is 0. The van der Waals surface area contributed by atoms with Crippen LogP contribution in [0, 0.1) is 0 Å². The third kappa shape index (κ3) is 3.89. The fourth-order valence-electron chi connectivity index (χ4n) is 1.81. The van der Waals surface area contributed by atoms with Crippen LogP contribution in [-0.2, 0) is 0 Å². The van der Waals surface area contributed by atoms with Crippen molar-refractivity contribution in [1.29, 1.82) is 0 Å². The molecule has 0 saturated heterocycles. The molecule has 94 valence electrons. The monoisotopic (exact) mass is 238 g/mol. The molecule has 18 heavy (non-hydrogen) atoms. The normalized spacial score (nSPS) is 10.6. The highest BCUT2D eigenvalue weighted by Gasteiger charge is 1.88. The molecule has 0 fully saturated rings. The maximum Gasteiger partial charge on any atom is -0.0179 e. The zero-order chi connectivity index (χ0) is 13.4. The maximum absolute atomic E-state index is 2.22. The van der Waals surface area contributed by atoms with Crippen LogP contribution in [0.3, 0.4) is 0 Å². The first-order chi connectivity index (χ1) is 8.77. The topological polar surface area (TPSA) is 0 Å². The minimum Gasteiger partial charge on any atom is -0.0686 e. The van der Waals surface area contributed by atoms with E-state index in [-0.39, 0.29) is 0 Å². The van der Waals surface area contributed by atoms with E-state index in [2.05, 4.69) is 68.5 Å². The molecule has 0 saturated carbocycles. The van der Waals surface area contributed by atoms with Crippen LogP contribution in [0.2, 0.25) is 0 Å². The Morgan fingerprint density at radius 1 is 0.778 bits per heavy atom. The molecule has 0 radical (unpaired) electrons. The van der Waals surface area contributed by atoms with Crippen molar-refractivity contribution in [2.45, 2.75) is 27.7 Å². The molecule has 0 aliphatic carbocycles. The first-order valence-electron chi connectivity index (χ1n) is 6.57. The zero-order valence-electron chi connectivity index (χ0n) is 11.8. The van der Waals surface area contributed by atoms with Crippen LogP contribution < -0.4 is 10.4 Å². The van der Waals surface area contributed by atoms with Crippen LogP contribution in [-0.4, -0.2) is 0 Å². The number of hydrogen-bond acceptors (Lipinski definition) is 0. The molecule has 0 nitrogen and oxygen atoms in total. The molecule has 0 aliphatic heterocycles. The van der Waals surface area contributed by atoms with Crippen LogP contribution in [0.1, 0.15) is 33.3 Å². The third-order valence-corrected chi connectivity index (χ3v) is 2.62. The van der Waals surface area contributed by atoms with Gasteiger partial charge in [-0.3, -0.25) is 0 Å². The van der Waals surface area contributed by atoms with Gasteiger partial charge in [0.1, 0.15) is 0 Å². The van der Waals surface area contributed by atoms with Crippen LogP contribution >= 0.6 is 0 Å². The SMILES string of the molecule is CC.CC(C)=c1cccc/c1=C/c1ccccc1. The van der Waals surface area contributed by atoms with Crippen molar-refractivity contribution in [3.63, 3.8) is 0 Å². The van der Waals surface area contributed by atoms with E-state index in [0.29, 0.717) is 0 Å². The van der Waals surface area contributed by atoms with Gasteiger partial charge in [0, 0.05) is 0 Å². The van der Waals surface area contributed by atoms with Gasteiger partial charge in [-0.25, -0.2) is 0 Å². The second-order valence-electron chi connectivity index (χ2n) is 4.14. The van der Waals surface area contributed by atoms with E-state index in [4.69, 9.17) is 0 Å². The van der Waals surface area contributed by atoms with Crippen LogP contribution in [0.15, 0.2) is 54.6 Å². The minimum atomic E-state index is 1.25. The van der Waals surface area contributed by atoms with Gasteiger partial charge < -0.3 is 0 Å². The van der Waals surface area contributed by atoms with Crippen LogP contribution in [0.25, 0.3) is 11.6 Å². The van der Waals surface area contributed by atoms with Crippen LogP contribution in [0.5, 0.6) is 0 Å². The summed E-state index contributed by atoms with van der Waals surface area (Å²) in [5.41, 5.74) is 2.60. The fourth-order valence-corrected chi connectivity index (χ4v) is 1.81. The average Bonchev–Trinajstić information content (AvgIpc) is 2.42. The van der Waals surface area contributed by atoms with Gasteiger partial charge >= 0.3 is 0 Å². The molecule has 0 spiro atoms. The van der Waals surface area contributed by atoms with E-state index in [0.717, 1.165) is 0 Å². The lowest BCUT2D eigenvalue weighted by atomic mass is 10.1. The van der Waals surface area contributed by atoms with Crippen LogP contribution in [0.4, 0.5) is 0 Å². The Labute approximate surface area is 110 Å². The molecule has 0 bridgehead atoms. The van der Waals surface area contributed by atoms with Gasteiger partial charge in [-0.15, -0.1) is 0 Å². The van der Waals surface area contributed by atoms with E-state index in [1.54, 1.807) is 0 Å². The number of hydrogen-bond donors (Lipinski definition) is 0. The van der Waals surface area contributed by atoms with E-state index in [1.807, 2.05) is 19.9 Å². The van der Waals surface area contributed by atoms with Gasteiger partial charge in [-0.05, 0) is 35.9 Å². The first-order valence-corrected chi connectivity index (χ1v) is 6.57. The molecule has 0 aliphatic rings. The summed E-state index contributed by atoms with van der Waals surface area (Å²) in [6.07, 6.45) is 2.22. The molecule has 0 amide bonds. The van der Waals surface area contributed by atoms with Gasteiger partial charge in [0.2, 0.25) is 0 Å². The predicted octanol–water partition coefficient (Wildman–Crippen LogP) is 3.73. The summed E-state index contributed by atoms with van der Waals surface area (Å²) in [4.78, 5) is 0. The summed E-state index contributed by atoms with van der Waals surface area (Å²) in [7, 11) is 0. The minimum absolute atomic E-state index is 1.25. The van der Waals surface area contributed by atoms with Gasteiger partial charge in [0.05, 0.1) is 0 Å². The lowest BCUT2D eigenvalue weighted by Gasteiger charge is -1.95. The van der Waals surface area contributed by atoms with Gasteiger partial charge in [-0.1, -0.05) is 74.0 Å². The van der Waals surface area contributed by atoms with Crippen molar-refractivity contribution in [2.75, 3.05) is 0 Å². The quantitative estimate of drug-likeness (QED) is 0.710. The Kier molecular flexibility index (Phi) is 5.93. The Morgan fingerprint density at radius 2 is 1.33 bits per heavy atom. The summed E-state index contributed by atoms with van der Waals surface area (Å²) >= 11 is 0. The molecule has 0 heteroatoms. The molecular weight excluding hydrogens is 216 g/mol. The van der Waals surface area contributed by atoms with E-state index < -0.39 is 0 Å². The summed E-state index contributed by atoms with van der Waals surface area (Å²) in [5, 5.41) is 2.61. The van der Waals surface area contributed by atoms with Crippen molar-refractivity contribution < 1.29 is 0 Å². The third-order valence-electron chi connectivity index (χ3n) is 2.62. The first kappa shape index (κ1) is 14.2. The Bertz CT molecular complexity index is 573. The van der Waals surface area contributed by atoms with E-state index in [1.165, 1.54) is 21.6 Å². The highest BCUT2D eigenvalue weighted by molar-refractivity contribution is 5.51. The molecule has 0 unspecified atom stereocenters. The van der Waals surface area contributed by atoms with Crippen molar-refractivity contribution in [3.8, 4) is 0 Å². The smallest absolute Gasteiger partial charge is 0.0179 e. The molecule has 0 aromatic heterocycles. The number of rotatable bonds is 1. The largest absolute Gasteiger partial charge is 0.0686 e. The molecule has 2 rings (SSSR count). The van der Waals surface area contributed by atoms with Gasteiger partial charge in [0.15, 0.2) is 0 Å². The summed E-state index contributed by atoms with van der Waals surface area (Å²) in [6.45, 7) is 8.30. The van der Waals surface area contributed by atoms with Gasteiger partial charge in [0.25, 0.3) is 0 Å². The fraction of sp³-hybridized carbons (Fsp3) is 0.222. The standard InChI is InChI=1S/C16H16.C2H6/c1-13(2)16-11-7-6-10-15(16)12-14-8-4-3-5-9-14;1-2/h3-12H,1-2H3;1-2H3/b15-12-;. The number of benzene rings is 2. The lowest BCUT2D eigenvalue weighted by Crippen LogP contribution is -2.25. The average molecular weight is 238 g/mol. The summed E-state index contributed by atoms with van der Waals surface area (Å²) in [6, 6.07) is 18.9. The van der Waals surface area contributed by atoms with Crippen molar-refractivity contribution in [1.82, 2.24) is 0 Å². The maximum atomic E-state index is 2.22. The second kappa shape index (κ2) is 7.50. The van der Waals surface area contributed by atoms with Crippen molar-refractivity contribution in [3.05, 3.63) is 70.6 Å². The second-order valence-corrected chi connectivity index (χ2v) is 4.14.